The Balaban J connectivity index is 2.79. The molecule has 0 unspecified atom stereocenters. The molecule has 0 spiro atoms. The fourth-order valence-corrected chi connectivity index (χ4v) is 1.29. The van der Waals surface area contributed by atoms with Crippen molar-refractivity contribution in [2.24, 2.45) is 0 Å². The molecule has 0 fully saturated rings. The van der Waals surface area contributed by atoms with Crippen molar-refractivity contribution in [3.05, 3.63) is 40.4 Å². The molecular formula is C11H13ClO2. The van der Waals surface area contributed by atoms with E-state index in [4.69, 9.17) is 21.8 Å². The molecule has 1 aromatic carbocycles. The first-order valence-corrected chi connectivity index (χ1v) is 4.82. The molecule has 0 saturated heterocycles. The van der Waals surface area contributed by atoms with Crippen LogP contribution in [0.15, 0.2) is 24.3 Å². The lowest BCUT2D eigenvalue weighted by Gasteiger charge is -2.01. The summed E-state index contributed by atoms with van der Waals surface area (Å²) in [7, 11) is 0. The maximum Gasteiger partial charge on any atom is 0.0696 e. The van der Waals surface area contributed by atoms with Crippen LogP contribution >= 0.6 is 11.6 Å². The molecule has 0 radical (unpaired) electrons. The van der Waals surface area contributed by atoms with Gasteiger partial charge in [-0.1, -0.05) is 29.8 Å². The number of aliphatic hydroxyl groups excluding tert-OH is 2. The van der Waals surface area contributed by atoms with Crippen LogP contribution in [0.25, 0.3) is 6.08 Å². The van der Waals surface area contributed by atoms with Crippen LogP contribution in [0.1, 0.15) is 17.5 Å². The Morgan fingerprint density at radius 3 is 2.71 bits per heavy atom. The average Bonchev–Trinajstić information content (AvgIpc) is 2.21. The minimum absolute atomic E-state index is 0.0550. The van der Waals surface area contributed by atoms with Crippen molar-refractivity contribution in [1.29, 1.82) is 0 Å². The zero-order valence-corrected chi connectivity index (χ0v) is 8.54. The topological polar surface area (TPSA) is 40.5 Å². The number of halogens is 1. The van der Waals surface area contributed by atoms with Gasteiger partial charge in [0.05, 0.1) is 6.61 Å². The normalized spacial score (nSPS) is 11.1. The van der Waals surface area contributed by atoms with Crippen LogP contribution in [-0.4, -0.2) is 16.8 Å². The second-order valence-electron chi connectivity index (χ2n) is 2.92. The molecule has 0 aromatic heterocycles. The van der Waals surface area contributed by atoms with Crippen LogP contribution < -0.4 is 0 Å². The summed E-state index contributed by atoms with van der Waals surface area (Å²) in [6, 6.07) is 5.46. The fraction of sp³-hybridized carbons (Fsp3) is 0.273. The van der Waals surface area contributed by atoms with Gasteiger partial charge >= 0.3 is 0 Å². The highest BCUT2D eigenvalue weighted by molar-refractivity contribution is 6.31. The van der Waals surface area contributed by atoms with E-state index >= 15 is 0 Å². The van der Waals surface area contributed by atoms with Gasteiger partial charge in [0.15, 0.2) is 0 Å². The van der Waals surface area contributed by atoms with Crippen molar-refractivity contribution in [3.8, 4) is 0 Å². The average molecular weight is 213 g/mol. The zero-order valence-electron chi connectivity index (χ0n) is 7.78. The monoisotopic (exact) mass is 212 g/mol. The Morgan fingerprint density at radius 2 is 2.07 bits per heavy atom. The van der Waals surface area contributed by atoms with Crippen molar-refractivity contribution >= 4 is 17.7 Å². The van der Waals surface area contributed by atoms with Crippen molar-refractivity contribution in [2.45, 2.75) is 13.0 Å². The van der Waals surface area contributed by atoms with Gasteiger partial charge in [0.2, 0.25) is 0 Å². The van der Waals surface area contributed by atoms with Crippen LogP contribution in [-0.2, 0) is 6.61 Å². The van der Waals surface area contributed by atoms with Gasteiger partial charge in [0.1, 0.15) is 0 Å². The molecule has 0 heterocycles. The molecule has 0 atom stereocenters. The molecule has 0 aliphatic carbocycles. The Morgan fingerprint density at radius 1 is 1.29 bits per heavy atom. The summed E-state index contributed by atoms with van der Waals surface area (Å²) in [5.41, 5.74) is 1.70. The summed E-state index contributed by atoms with van der Waals surface area (Å²) < 4.78 is 0. The third-order valence-corrected chi connectivity index (χ3v) is 2.21. The lowest BCUT2D eigenvalue weighted by Crippen LogP contribution is -1.85. The molecule has 0 bridgehead atoms. The standard InChI is InChI=1S/C11H13ClO2/c12-11-5-4-9(3-1-2-6-13)7-10(11)8-14/h1,3-5,7,13-14H,2,6,8H2. The molecule has 76 valence electrons. The van der Waals surface area contributed by atoms with Crippen LogP contribution in [0.4, 0.5) is 0 Å². The second kappa shape index (κ2) is 5.81. The summed E-state index contributed by atoms with van der Waals surface area (Å²) in [6.45, 7) is 0.0947. The smallest absolute Gasteiger partial charge is 0.0696 e. The molecule has 2 nitrogen and oxygen atoms in total. The Hall–Kier alpha value is -0.830. The minimum Gasteiger partial charge on any atom is -0.396 e. The van der Waals surface area contributed by atoms with Gasteiger partial charge in [0.25, 0.3) is 0 Å². The van der Waals surface area contributed by atoms with Crippen LogP contribution in [0, 0.1) is 0 Å². The van der Waals surface area contributed by atoms with Gasteiger partial charge in [0, 0.05) is 11.6 Å². The van der Waals surface area contributed by atoms with E-state index in [2.05, 4.69) is 0 Å². The van der Waals surface area contributed by atoms with Crippen LogP contribution in [0.5, 0.6) is 0 Å². The van der Waals surface area contributed by atoms with Gasteiger partial charge in [-0.05, 0) is 29.7 Å². The molecule has 14 heavy (non-hydrogen) atoms. The van der Waals surface area contributed by atoms with E-state index in [-0.39, 0.29) is 13.2 Å². The van der Waals surface area contributed by atoms with Crippen LogP contribution in [0.3, 0.4) is 0 Å². The molecular weight excluding hydrogens is 200 g/mol. The van der Waals surface area contributed by atoms with Gasteiger partial charge in [-0.15, -0.1) is 0 Å². The SMILES string of the molecule is OCCC=Cc1ccc(Cl)c(CO)c1. The molecule has 0 saturated carbocycles. The summed E-state index contributed by atoms with van der Waals surface area (Å²) in [4.78, 5) is 0. The number of hydrogen-bond acceptors (Lipinski definition) is 2. The third-order valence-electron chi connectivity index (χ3n) is 1.85. The molecule has 1 rings (SSSR count). The molecule has 1 aromatic rings. The highest BCUT2D eigenvalue weighted by Crippen LogP contribution is 2.18. The number of rotatable bonds is 4. The zero-order chi connectivity index (χ0) is 10.4. The van der Waals surface area contributed by atoms with Gasteiger partial charge in [-0.25, -0.2) is 0 Å². The van der Waals surface area contributed by atoms with Crippen molar-refractivity contribution in [1.82, 2.24) is 0 Å². The Bertz CT molecular complexity index is 321. The van der Waals surface area contributed by atoms with Crippen molar-refractivity contribution < 1.29 is 10.2 Å². The van der Waals surface area contributed by atoms with E-state index < -0.39 is 0 Å². The maximum atomic E-state index is 8.97. The highest BCUT2D eigenvalue weighted by Gasteiger charge is 1.98. The van der Waals surface area contributed by atoms with Gasteiger partial charge < -0.3 is 10.2 Å². The predicted octanol–water partition coefficient (Wildman–Crippen LogP) is 2.23. The van der Waals surface area contributed by atoms with Crippen LogP contribution in [0.2, 0.25) is 5.02 Å². The summed E-state index contributed by atoms with van der Waals surface area (Å²) in [5.74, 6) is 0. The lowest BCUT2D eigenvalue weighted by molar-refractivity contribution is 0.282. The molecule has 3 heteroatoms. The highest BCUT2D eigenvalue weighted by atomic mass is 35.5. The minimum atomic E-state index is -0.0550. The first kappa shape index (κ1) is 11.2. The Labute approximate surface area is 88.5 Å². The lowest BCUT2D eigenvalue weighted by atomic mass is 10.1. The van der Waals surface area contributed by atoms with E-state index in [1.807, 2.05) is 24.3 Å². The van der Waals surface area contributed by atoms with E-state index in [0.717, 1.165) is 11.1 Å². The van der Waals surface area contributed by atoms with Gasteiger partial charge in [-0.3, -0.25) is 0 Å². The maximum absolute atomic E-state index is 8.97. The summed E-state index contributed by atoms with van der Waals surface area (Å²) in [6.07, 6.45) is 4.41. The Kier molecular flexibility index (Phi) is 4.66. The molecule has 0 amide bonds. The number of benzene rings is 1. The van der Waals surface area contributed by atoms with E-state index in [0.29, 0.717) is 11.4 Å². The number of hydrogen-bond donors (Lipinski definition) is 2. The van der Waals surface area contributed by atoms with Gasteiger partial charge in [-0.2, -0.15) is 0 Å². The molecule has 0 aliphatic rings. The van der Waals surface area contributed by atoms with Crippen molar-refractivity contribution in [3.63, 3.8) is 0 Å². The molecule has 2 N–H and O–H groups in total. The number of aliphatic hydroxyl groups is 2. The predicted molar refractivity (Wildman–Crippen MR) is 58.1 cm³/mol. The largest absolute Gasteiger partial charge is 0.396 e. The van der Waals surface area contributed by atoms with Crippen molar-refractivity contribution in [2.75, 3.05) is 6.61 Å². The fourth-order valence-electron chi connectivity index (χ4n) is 1.11. The second-order valence-corrected chi connectivity index (χ2v) is 3.33. The first-order chi connectivity index (χ1) is 6.77. The van der Waals surface area contributed by atoms with E-state index in [1.54, 1.807) is 6.07 Å². The van der Waals surface area contributed by atoms with E-state index in [9.17, 15) is 0 Å². The van der Waals surface area contributed by atoms with E-state index in [1.165, 1.54) is 0 Å². The first-order valence-electron chi connectivity index (χ1n) is 4.44. The summed E-state index contributed by atoms with van der Waals surface area (Å²) in [5, 5.41) is 18.1. The third kappa shape index (κ3) is 3.14. The summed E-state index contributed by atoms with van der Waals surface area (Å²) >= 11 is 5.83. The molecule has 0 aliphatic heterocycles. The quantitative estimate of drug-likeness (QED) is 0.804.